The molecule has 0 aromatic heterocycles. The first-order valence-electron chi connectivity index (χ1n) is 6.99. The number of ether oxygens (including phenoxy) is 2. The highest BCUT2D eigenvalue weighted by molar-refractivity contribution is 5.77. The van der Waals surface area contributed by atoms with E-state index in [2.05, 4.69) is 12.2 Å². The first kappa shape index (κ1) is 15.6. The fourth-order valence-electron chi connectivity index (χ4n) is 2.73. The summed E-state index contributed by atoms with van der Waals surface area (Å²) in [6.45, 7) is 4.21. The minimum absolute atomic E-state index is 0.268. The van der Waals surface area contributed by atoms with Gasteiger partial charge < -0.3 is 19.9 Å². The molecule has 6 heteroatoms. The van der Waals surface area contributed by atoms with Crippen molar-refractivity contribution in [2.75, 3.05) is 33.9 Å². The summed E-state index contributed by atoms with van der Waals surface area (Å²) in [6.07, 6.45) is 0. The second kappa shape index (κ2) is 6.78. The molecule has 1 aromatic rings. The van der Waals surface area contributed by atoms with E-state index in [0.29, 0.717) is 30.2 Å². The van der Waals surface area contributed by atoms with E-state index in [1.807, 2.05) is 4.90 Å². The van der Waals surface area contributed by atoms with E-state index in [9.17, 15) is 9.90 Å². The van der Waals surface area contributed by atoms with Crippen LogP contribution in [0.1, 0.15) is 18.5 Å². The molecular weight excluding hydrogens is 272 g/mol. The van der Waals surface area contributed by atoms with E-state index in [-0.39, 0.29) is 6.04 Å². The number of methoxy groups -OCH3 is 2. The smallest absolute Gasteiger partial charge is 0.325 e. The first-order valence-corrected chi connectivity index (χ1v) is 6.99. The van der Waals surface area contributed by atoms with Crippen LogP contribution in [-0.4, -0.2) is 55.9 Å². The number of carboxylic acids is 1. The van der Waals surface area contributed by atoms with Crippen molar-refractivity contribution in [1.82, 2.24) is 10.2 Å². The molecule has 0 amide bonds. The summed E-state index contributed by atoms with van der Waals surface area (Å²) in [4.78, 5) is 13.7. The first-order chi connectivity index (χ1) is 10.1. The number of carbonyl (C=O) groups is 1. The van der Waals surface area contributed by atoms with Gasteiger partial charge in [0.05, 0.1) is 14.2 Å². The third-order valence-corrected chi connectivity index (χ3v) is 3.73. The molecule has 0 radical (unpaired) electrons. The van der Waals surface area contributed by atoms with Crippen molar-refractivity contribution < 1.29 is 19.4 Å². The monoisotopic (exact) mass is 294 g/mol. The second-order valence-corrected chi connectivity index (χ2v) is 5.20. The van der Waals surface area contributed by atoms with Gasteiger partial charge >= 0.3 is 5.97 Å². The Morgan fingerprint density at radius 3 is 2.76 bits per heavy atom. The lowest BCUT2D eigenvalue weighted by Crippen LogP contribution is -2.51. The number of hydrogen-bond donors (Lipinski definition) is 2. The van der Waals surface area contributed by atoms with Gasteiger partial charge in [-0.2, -0.15) is 0 Å². The predicted octanol–water partition coefficient (Wildman–Crippen LogP) is 1.12. The Bertz CT molecular complexity index is 506. The normalized spacial score (nSPS) is 20.8. The lowest BCUT2D eigenvalue weighted by Gasteiger charge is -2.36. The standard InChI is InChI=1S/C15H22N2O4/c1-10-9-17(7-6-16-10)14(15(18)19)12-5-4-11(20-2)8-13(12)21-3/h4-5,8,10,14,16H,6-7,9H2,1-3H3,(H,18,19). The van der Waals surface area contributed by atoms with E-state index < -0.39 is 12.0 Å². The largest absolute Gasteiger partial charge is 0.497 e. The second-order valence-electron chi connectivity index (χ2n) is 5.20. The molecule has 0 saturated carbocycles. The summed E-state index contributed by atoms with van der Waals surface area (Å²) < 4.78 is 10.5. The van der Waals surface area contributed by atoms with Crippen molar-refractivity contribution in [3.8, 4) is 11.5 Å². The average molecular weight is 294 g/mol. The third kappa shape index (κ3) is 3.46. The molecule has 21 heavy (non-hydrogen) atoms. The van der Waals surface area contributed by atoms with Crippen LogP contribution >= 0.6 is 0 Å². The molecule has 0 aliphatic carbocycles. The summed E-state index contributed by atoms with van der Waals surface area (Å²) in [7, 11) is 3.11. The molecule has 2 atom stereocenters. The molecule has 1 aromatic carbocycles. The van der Waals surface area contributed by atoms with Crippen molar-refractivity contribution in [1.29, 1.82) is 0 Å². The number of benzene rings is 1. The van der Waals surface area contributed by atoms with Gasteiger partial charge in [0.25, 0.3) is 0 Å². The molecule has 1 aliphatic heterocycles. The number of nitrogens with one attached hydrogen (secondary N) is 1. The zero-order valence-corrected chi connectivity index (χ0v) is 12.6. The molecule has 0 spiro atoms. The van der Waals surface area contributed by atoms with Crippen molar-refractivity contribution in [3.05, 3.63) is 23.8 Å². The molecule has 2 unspecified atom stereocenters. The molecule has 1 heterocycles. The zero-order valence-electron chi connectivity index (χ0n) is 12.6. The summed E-state index contributed by atoms with van der Waals surface area (Å²) in [5.74, 6) is 0.314. The van der Waals surface area contributed by atoms with E-state index >= 15 is 0 Å². The van der Waals surface area contributed by atoms with Crippen LogP contribution in [0.4, 0.5) is 0 Å². The number of carboxylic acid groups (broad SMARTS) is 1. The predicted molar refractivity (Wildman–Crippen MR) is 79.0 cm³/mol. The Morgan fingerprint density at radius 1 is 1.43 bits per heavy atom. The Balaban J connectivity index is 2.35. The van der Waals surface area contributed by atoms with Gasteiger partial charge in [-0.15, -0.1) is 0 Å². The average Bonchev–Trinajstić information content (AvgIpc) is 2.47. The van der Waals surface area contributed by atoms with Crippen LogP contribution in [0.25, 0.3) is 0 Å². The van der Waals surface area contributed by atoms with Gasteiger partial charge in [-0.05, 0) is 19.1 Å². The lowest BCUT2D eigenvalue weighted by atomic mass is 10.0. The lowest BCUT2D eigenvalue weighted by molar-refractivity contribution is -0.144. The SMILES string of the molecule is COc1ccc(C(C(=O)O)N2CCNC(C)C2)c(OC)c1. The molecule has 2 N–H and O–H groups in total. The van der Waals surface area contributed by atoms with Crippen molar-refractivity contribution in [2.45, 2.75) is 19.0 Å². The number of hydrogen-bond acceptors (Lipinski definition) is 5. The van der Waals surface area contributed by atoms with Gasteiger partial charge in [0, 0.05) is 37.3 Å². The summed E-state index contributed by atoms with van der Waals surface area (Å²) in [5, 5.41) is 13.0. The number of rotatable bonds is 5. The van der Waals surface area contributed by atoms with E-state index in [0.717, 1.165) is 6.54 Å². The van der Waals surface area contributed by atoms with Gasteiger partial charge in [-0.3, -0.25) is 9.69 Å². The molecule has 1 saturated heterocycles. The van der Waals surface area contributed by atoms with Gasteiger partial charge in [-0.25, -0.2) is 0 Å². The Labute approximate surface area is 124 Å². The molecule has 2 rings (SSSR count). The number of piperazine rings is 1. The zero-order chi connectivity index (χ0) is 15.4. The number of nitrogens with zero attached hydrogens (tertiary/aromatic N) is 1. The van der Waals surface area contributed by atoms with E-state index in [1.165, 1.54) is 7.11 Å². The minimum atomic E-state index is -0.868. The Kier molecular flexibility index (Phi) is 5.03. The van der Waals surface area contributed by atoms with Gasteiger partial charge in [-0.1, -0.05) is 0 Å². The number of aliphatic carboxylic acids is 1. The maximum absolute atomic E-state index is 11.8. The molecule has 1 fully saturated rings. The molecular formula is C15H22N2O4. The van der Waals surface area contributed by atoms with Crippen LogP contribution in [0.3, 0.4) is 0 Å². The maximum Gasteiger partial charge on any atom is 0.325 e. The summed E-state index contributed by atoms with van der Waals surface area (Å²) >= 11 is 0. The summed E-state index contributed by atoms with van der Waals surface area (Å²) in [6, 6.07) is 4.81. The third-order valence-electron chi connectivity index (χ3n) is 3.73. The molecule has 0 bridgehead atoms. The summed E-state index contributed by atoms with van der Waals surface area (Å²) in [5.41, 5.74) is 0.653. The fourth-order valence-corrected chi connectivity index (χ4v) is 2.73. The van der Waals surface area contributed by atoms with Crippen LogP contribution in [0.5, 0.6) is 11.5 Å². The Morgan fingerprint density at radius 2 is 2.19 bits per heavy atom. The van der Waals surface area contributed by atoms with E-state index in [4.69, 9.17) is 9.47 Å². The van der Waals surface area contributed by atoms with Crippen LogP contribution in [0.15, 0.2) is 18.2 Å². The fraction of sp³-hybridized carbons (Fsp3) is 0.533. The van der Waals surface area contributed by atoms with E-state index in [1.54, 1.807) is 25.3 Å². The van der Waals surface area contributed by atoms with Crippen LogP contribution < -0.4 is 14.8 Å². The van der Waals surface area contributed by atoms with Crippen molar-refractivity contribution >= 4 is 5.97 Å². The van der Waals surface area contributed by atoms with Gasteiger partial charge in [0.1, 0.15) is 17.5 Å². The molecule has 6 nitrogen and oxygen atoms in total. The topological polar surface area (TPSA) is 71.0 Å². The van der Waals surface area contributed by atoms with Crippen LogP contribution in [0.2, 0.25) is 0 Å². The van der Waals surface area contributed by atoms with Gasteiger partial charge in [0.15, 0.2) is 0 Å². The van der Waals surface area contributed by atoms with Crippen LogP contribution in [0, 0.1) is 0 Å². The maximum atomic E-state index is 11.8. The Hall–Kier alpha value is -1.79. The molecule has 1 aliphatic rings. The van der Waals surface area contributed by atoms with Gasteiger partial charge in [0.2, 0.25) is 0 Å². The minimum Gasteiger partial charge on any atom is -0.497 e. The quantitative estimate of drug-likeness (QED) is 0.848. The highest BCUT2D eigenvalue weighted by atomic mass is 16.5. The van der Waals surface area contributed by atoms with Crippen molar-refractivity contribution in [3.63, 3.8) is 0 Å². The van der Waals surface area contributed by atoms with Crippen molar-refractivity contribution in [2.24, 2.45) is 0 Å². The molecule has 116 valence electrons. The highest BCUT2D eigenvalue weighted by Gasteiger charge is 2.32. The van der Waals surface area contributed by atoms with Crippen LogP contribution in [-0.2, 0) is 4.79 Å². The highest BCUT2D eigenvalue weighted by Crippen LogP contribution is 2.33.